The van der Waals surface area contributed by atoms with Crippen LogP contribution in [0.4, 0.5) is 0 Å². The maximum absolute atomic E-state index is 4.70. The fourth-order valence-corrected chi connectivity index (χ4v) is 4.09. The third-order valence-electron chi connectivity index (χ3n) is 4.00. The largest absolute Gasteiger partial charge is 0.357 e. The van der Waals surface area contributed by atoms with Crippen LogP contribution < -0.4 is 10.6 Å². The van der Waals surface area contributed by atoms with Crippen molar-refractivity contribution >= 4 is 53.0 Å². The molecule has 0 aliphatic rings. The molecule has 0 aromatic carbocycles. The quantitative estimate of drug-likeness (QED) is 0.146. The lowest BCUT2D eigenvalue weighted by Crippen LogP contribution is -2.38. The number of nitrogens with zero attached hydrogens (tertiary/aromatic N) is 5. The molecule has 0 atom stereocenters. The third-order valence-corrected chi connectivity index (χ3v) is 5.64. The summed E-state index contributed by atoms with van der Waals surface area (Å²) in [5.74, 6) is 2.50. The van der Waals surface area contributed by atoms with Gasteiger partial charge in [-0.05, 0) is 32.4 Å². The minimum Gasteiger partial charge on any atom is -0.357 e. The van der Waals surface area contributed by atoms with Gasteiger partial charge < -0.3 is 15.2 Å². The first-order chi connectivity index (χ1) is 13.5. The maximum Gasteiger partial charge on any atom is 0.191 e. The number of hydrogen-bond acceptors (Lipinski definition) is 6. The molecule has 2 aromatic rings. The molecule has 0 aliphatic heterocycles. The molecular weight excluding hydrogens is 517 g/mol. The van der Waals surface area contributed by atoms with Crippen LogP contribution in [-0.4, -0.2) is 51.6 Å². The van der Waals surface area contributed by atoms with Gasteiger partial charge in [-0.15, -0.1) is 45.5 Å². The van der Waals surface area contributed by atoms with Crippen molar-refractivity contribution in [3.8, 4) is 0 Å². The average molecular weight is 552 g/mol. The van der Waals surface area contributed by atoms with Gasteiger partial charge in [0.15, 0.2) is 11.1 Å². The predicted octanol–water partition coefficient (Wildman–Crippen LogP) is 3.77. The van der Waals surface area contributed by atoms with E-state index < -0.39 is 0 Å². The second-order valence-corrected chi connectivity index (χ2v) is 9.11. The fraction of sp³-hybridized carbons (Fsp3) is 0.684. The van der Waals surface area contributed by atoms with Crippen LogP contribution in [0.25, 0.3) is 0 Å². The first kappa shape index (κ1) is 26.2. The summed E-state index contributed by atoms with van der Waals surface area (Å²) in [6.07, 6.45) is 6.74. The van der Waals surface area contributed by atoms with E-state index in [4.69, 9.17) is 4.99 Å². The van der Waals surface area contributed by atoms with Gasteiger partial charge in [-0.2, -0.15) is 0 Å². The van der Waals surface area contributed by atoms with Crippen molar-refractivity contribution in [1.29, 1.82) is 0 Å². The second kappa shape index (κ2) is 14.2. The lowest BCUT2D eigenvalue weighted by Gasteiger charge is -2.12. The topological polar surface area (TPSA) is 80.0 Å². The van der Waals surface area contributed by atoms with Crippen LogP contribution in [0.3, 0.4) is 0 Å². The molecule has 7 nitrogen and oxygen atoms in total. The van der Waals surface area contributed by atoms with Crippen molar-refractivity contribution in [2.75, 3.05) is 25.9 Å². The number of guanidine groups is 1. The molecule has 29 heavy (non-hydrogen) atoms. The molecule has 0 spiro atoms. The number of thioether (sulfide) groups is 1. The zero-order valence-corrected chi connectivity index (χ0v) is 22.0. The van der Waals surface area contributed by atoms with E-state index >= 15 is 0 Å². The minimum absolute atomic E-state index is 0. The van der Waals surface area contributed by atoms with E-state index in [0.717, 1.165) is 67.4 Å². The number of aliphatic imine (C=N–C) groups is 1. The standard InChI is InChI=1S/C19H33N7S2.HI/c1-6-20-18(22-11-9-17-23-12-15(4)28-17)21-10-7-8-16-24-25-19(27-5)26(16)13-14(2)3;/h12,14H,6-11,13H2,1-5H3,(H2,20,21,22);1H. The van der Waals surface area contributed by atoms with Crippen molar-refractivity contribution in [2.45, 2.75) is 58.7 Å². The van der Waals surface area contributed by atoms with Gasteiger partial charge in [0.25, 0.3) is 0 Å². The lowest BCUT2D eigenvalue weighted by molar-refractivity contribution is 0.477. The highest BCUT2D eigenvalue weighted by molar-refractivity contribution is 14.0. The average Bonchev–Trinajstić information content (AvgIpc) is 3.24. The molecule has 2 N–H and O–H groups in total. The van der Waals surface area contributed by atoms with E-state index in [1.54, 1.807) is 23.1 Å². The molecule has 10 heteroatoms. The smallest absolute Gasteiger partial charge is 0.191 e. The molecule has 2 rings (SSSR count). The van der Waals surface area contributed by atoms with E-state index in [-0.39, 0.29) is 24.0 Å². The summed E-state index contributed by atoms with van der Waals surface area (Å²) in [6, 6.07) is 0. The van der Waals surface area contributed by atoms with Gasteiger partial charge in [0.05, 0.1) is 5.01 Å². The zero-order chi connectivity index (χ0) is 20.4. The predicted molar refractivity (Wildman–Crippen MR) is 135 cm³/mol. The van der Waals surface area contributed by atoms with E-state index in [0.29, 0.717) is 5.92 Å². The maximum atomic E-state index is 4.70. The van der Waals surface area contributed by atoms with E-state index in [2.05, 4.69) is 64.3 Å². The molecule has 0 saturated heterocycles. The van der Waals surface area contributed by atoms with Crippen molar-refractivity contribution in [2.24, 2.45) is 10.9 Å². The summed E-state index contributed by atoms with van der Waals surface area (Å²) < 4.78 is 2.25. The van der Waals surface area contributed by atoms with Crippen LogP contribution in [0.1, 0.15) is 42.9 Å². The van der Waals surface area contributed by atoms with Crippen molar-refractivity contribution < 1.29 is 0 Å². The second-order valence-electron chi connectivity index (χ2n) is 7.01. The number of aromatic nitrogens is 4. The van der Waals surface area contributed by atoms with Crippen LogP contribution in [-0.2, 0) is 19.4 Å². The van der Waals surface area contributed by atoms with Crippen molar-refractivity contribution in [3.05, 3.63) is 21.9 Å². The monoisotopic (exact) mass is 551 g/mol. The Hall–Kier alpha value is -0.880. The van der Waals surface area contributed by atoms with Gasteiger partial charge in [0.2, 0.25) is 0 Å². The fourth-order valence-electron chi connectivity index (χ4n) is 2.78. The normalized spacial score (nSPS) is 11.6. The third kappa shape index (κ3) is 9.20. The van der Waals surface area contributed by atoms with E-state index in [1.807, 2.05) is 6.20 Å². The van der Waals surface area contributed by atoms with Gasteiger partial charge >= 0.3 is 0 Å². The number of nitrogens with one attached hydrogen (secondary N) is 2. The molecule has 0 fully saturated rings. The Morgan fingerprint density at radius 3 is 2.69 bits per heavy atom. The number of hydrogen-bond donors (Lipinski definition) is 2. The molecule has 0 unspecified atom stereocenters. The van der Waals surface area contributed by atoms with Gasteiger partial charge in [0.1, 0.15) is 5.82 Å². The number of halogens is 1. The Morgan fingerprint density at radius 1 is 1.28 bits per heavy atom. The van der Waals surface area contributed by atoms with Crippen molar-refractivity contribution in [3.63, 3.8) is 0 Å². The van der Waals surface area contributed by atoms with Crippen LogP contribution in [0, 0.1) is 12.8 Å². The zero-order valence-electron chi connectivity index (χ0n) is 18.1. The Balaban J connectivity index is 0.00000420. The van der Waals surface area contributed by atoms with E-state index in [1.165, 1.54) is 4.88 Å². The first-order valence-corrected chi connectivity index (χ1v) is 12.0. The SMILES string of the molecule is CCNC(=NCCCc1nnc(SC)n1CC(C)C)NCCc1ncc(C)s1.I. The minimum atomic E-state index is 0. The van der Waals surface area contributed by atoms with Crippen LogP contribution >= 0.6 is 47.1 Å². The molecule has 2 heterocycles. The van der Waals surface area contributed by atoms with Crippen LogP contribution in [0.2, 0.25) is 0 Å². The van der Waals surface area contributed by atoms with Crippen LogP contribution in [0.5, 0.6) is 0 Å². The highest BCUT2D eigenvalue weighted by Gasteiger charge is 2.12. The first-order valence-electron chi connectivity index (χ1n) is 9.93. The Morgan fingerprint density at radius 2 is 2.07 bits per heavy atom. The summed E-state index contributed by atoms with van der Waals surface area (Å²) in [6.45, 7) is 12.0. The molecule has 0 radical (unpaired) electrons. The molecule has 164 valence electrons. The lowest BCUT2D eigenvalue weighted by atomic mass is 10.2. The highest BCUT2D eigenvalue weighted by Crippen LogP contribution is 2.16. The summed E-state index contributed by atoms with van der Waals surface area (Å²) >= 11 is 3.41. The highest BCUT2D eigenvalue weighted by atomic mass is 127. The summed E-state index contributed by atoms with van der Waals surface area (Å²) in [5, 5.41) is 17.6. The molecule has 0 bridgehead atoms. The number of aryl methyl sites for hydroxylation is 2. The molecular formula is C19H34IN7S2. The Kier molecular flexibility index (Phi) is 12.8. The summed E-state index contributed by atoms with van der Waals surface area (Å²) in [4.78, 5) is 10.4. The van der Waals surface area contributed by atoms with Crippen LogP contribution in [0.15, 0.2) is 16.3 Å². The van der Waals surface area contributed by atoms with Crippen molar-refractivity contribution in [1.82, 2.24) is 30.4 Å². The van der Waals surface area contributed by atoms with Gasteiger partial charge in [0, 0.05) is 50.1 Å². The molecule has 2 aromatic heterocycles. The van der Waals surface area contributed by atoms with Gasteiger partial charge in [-0.1, -0.05) is 25.6 Å². The summed E-state index contributed by atoms with van der Waals surface area (Å²) in [7, 11) is 0. The number of rotatable bonds is 11. The number of thiazole rings is 1. The van der Waals surface area contributed by atoms with Gasteiger partial charge in [-0.25, -0.2) is 4.98 Å². The van der Waals surface area contributed by atoms with E-state index in [9.17, 15) is 0 Å². The molecule has 0 amide bonds. The summed E-state index contributed by atoms with van der Waals surface area (Å²) in [5.41, 5.74) is 0. The Labute approximate surface area is 200 Å². The molecule has 0 saturated carbocycles. The van der Waals surface area contributed by atoms with Gasteiger partial charge in [-0.3, -0.25) is 4.99 Å². The Bertz CT molecular complexity index is 743. The molecule has 0 aliphatic carbocycles.